The van der Waals surface area contributed by atoms with E-state index in [0.29, 0.717) is 0 Å². The van der Waals surface area contributed by atoms with Gasteiger partial charge in [-0.05, 0) is 24.3 Å². The highest BCUT2D eigenvalue weighted by atomic mass is 16.3. The van der Waals surface area contributed by atoms with Crippen molar-refractivity contribution in [1.82, 2.24) is 15.1 Å². The molecule has 0 aliphatic rings. The molecule has 1 heterocycles. The third-order valence-electron chi connectivity index (χ3n) is 1.66. The van der Waals surface area contributed by atoms with Crippen LogP contribution in [0.2, 0.25) is 0 Å². The molecule has 0 aliphatic heterocycles. The number of rotatable bonds is 2. The Bertz CT molecular complexity index is 409. The van der Waals surface area contributed by atoms with Crippen LogP contribution in [0.3, 0.4) is 0 Å². The number of hydrogen-bond donors (Lipinski definition) is 2. The van der Waals surface area contributed by atoms with E-state index in [1.165, 1.54) is 4.79 Å². The summed E-state index contributed by atoms with van der Waals surface area (Å²) in [6, 6.07) is 7.53. The van der Waals surface area contributed by atoms with E-state index < -0.39 is 6.23 Å². The molecule has 2 N–H and O–H groups in total. The van der Waals surface area contributed by atoms with Gasteiger partial charge in [0.1, 0.15) is 17.3 Å². The van der Waals surface area contributed by atoms with Crippen molar-refractivity contribution < 1.29 is 5.11 Å². The fraction of sp³-hybridized carbons (Fsp3) is 0.250. The molecule has 13 heavy (non-hydrogen) atoms. The van der Waals surface area contributed by atoms with E-state index >= 15 is 0 Å². The monoisotopic (exact) mass is 178 g/mol. The summed E-state index contributed by atoms with van der Waals surface area (Å²) in [6.45, 7) is 1.62. The summed E-state index contributed by atoms with van der Waals surface area (Å²) >= 11 is 0. The molecule has 2 rings (SSSR count). The quantitative estimate of drug-likeness (QED) is 0.650. The van der Waals surface area contributed by atoms with Crippen LogP contribution < -0.4 is 5.43 Å². The molecule has 1 unspecified atom stereocenters. The van der Waals surface area contributed by atoms with Gasteiger partial charge in [0.25, 0.3) is 0 Å². The Labute approximate surface area is 75.0 Å². The topological polar surface area (TPSA) is 63.0 Å². The van der Waals surface area contributed by atoms with Crippen molar-refractivity contribution >= 4 is 11.0 Å². The second kappa shape index (κ2) is 3.02. The first-order chi connectivity index (χ1) is 6.27. The number of nitrogens with one attached hydrogen (secondary N) is 1. The van der Waals surface area contributed by atoms with Crippen LogP contribution in [0.1, 0.15) is 6.92 Å². The number of fused-ring (bicyclic) bond motifs is 1. The lowest BCUT2D eigenvalue weighted by Crippen LogP contribution is -2.25. The molecule has 0 saturated carbocycles. The normalized spacial score (nSPS) is 13.1. The zero-order valence-electron chi connectivity index (χ0n) is 7.18. The van der Waals surface area contributed by atoms with Gasteiger partial charge in [-0.1, -0.05) is 12.1 Å². The van der Waals surface area contributed by atoms with E-state index in [4.69, 9.17) is 5.11 Å². The van der Waals surface area contributed by atoms with Gasteiger partial charge in [0.05, 0.1) is 0 Å². The number of aliphatic hydroxyl groups excluding tert-OH is 1. The molecule has 68 valence electrons. The molecule has 0 bridgehead atoms. The van der Waals surface area contributed by atoms with Crippen LogP contribution in [-0.4, -0.2) is 26.4 Å². The van der Waals surface area contributed by atoms with Crippen molar-refractivity contribution in [3.8, 4) is 0 Å². The Hall–Kier alpha value is -1.62. The summed E-state index contributed by atoms with van der Waals surface area (Å²) in [4.78, 5) is 1.46. The smallest absolute Gasteiger partial charge is 0.137 e. The predicted molar refractivity (Wildman–Crippen MR) is 48.6 cm³/mol. The highest BCUT2D eigenvalue weighted by molar-refractivity contribution is 5.74. The van der Waals surface area contributed by atoms with Gasteiger partial charge in [-0.15, -0.1) is 5.10 Å². The Morgan fingerprint density at radius 3 is 3.00 bits per heavy atom. The Morgan fingerprint density at radius 1 is 1.46 bits per heavy atom. The summed E-state index contributed by atoms with van der Waals surface area (Å²) in [5.41, 5.74) is 4.38. The minimum Gasteiger partial charge on any atom is -0.373 e. The lowest BCUT2D eigenvalue weighted by Gasteiger charge is -2.07. The van der Waals surface area contributed by atoms with Crippen LogP contribution in [0.25, 0.3) is 11.0 Å². The first-order valence-electron chi connectivity index (χ1n) is 4.02. The van der Waals surface area contributed by atoms with E-state index in [1.807, 2.05) is 24.3 Å². The lowest BCUT2D eigenvalue weighted by molar-refractivity contribution is 0.205. The maximum Gasteiger partial charge on any atom is 0.137 e. The average Bonchev–Trinajstić information content (AvgIpc) is 2.48. The SMILES string of the molecule is CC(O)Nn1nnc2ccccc21. The number of benzene rings is 1. The van der Waals surface area contributed by atoms with Crippen LogP contribution in [0, 0.1) is 0 Å². The fourth-order valence-electron chi connectivity index (χ4n) is 1.14. The van der Waals surface area contributed by atoms with Crippen molar-refractivity contribution in [2.45, 2.75) is 13.2 Å². The van der Waals surface area contributed by atoms with Crippen LogP contribution in [0.5, 0.6) is 0 Å². The third kappa shape index (κ3) is 1.46. The molecule has 1 atom stereocenters. The Kier molecular flexibility index (Phi) is 1.86. The standard InChI is InChI=1S/C8H10N4O/c1-6(13)10-12-8-5-3-2-4-7(8)9-11-12/h2-6,10,13H,1H3. The number of nitrogens with zero attached hydrogens (tertiary/aromatic N) is 3. The summed E-state index contributed by atoms with van der Waals surface area (Å²) in [5, 5.41) is 16.8. The van der Waals surface area contributed by atoms with Gasteiger partial charge in [0, 0.05) is 0 Å². The van der Waals surface area contributed by atoms with Crippen LogP contribution >= 0.6 is 0 Å². The van der Waals surface area contributed by atoms with Gasteiger partial charge in [0.2, 0.25) is 0 Å². The maximum absolute atomic E-state index is 9.08. The molecule has 0 radical (unpaired) electrons. The first kappa shape index (κ1) is 8.00. The molecule has 1 aromatic carbocycles. The molecular weight excluding hydrogens is 168 g/mol. The number of hydrogen-bond acceptors (Lipinski definition) is 4. The molecule has 0 fully saturated rings. The van der Waals surface area contributed by atoms with Crippen molar-refractivity contribution in [3.63, 3.8) is 0 Å². The highest BCUT2D eigenvalue weighted by Gasteiger charge is 2.03. The second-order valence-electron chi connectivity index (χ2n) is 2.80. The molecule has 1 aromatic heterocycles. The van der Waals surface area contributed by atoms with Crippen LogP contribution in [0.15, 0.2) is 24.3 Å². The summed E-state index contributed by atoms with van der Waals surface area (Å²) in [6.07, 6.45) is -0.648. The molecule has 0 amide bonds. The van der Waals surface area contributed by atoms with E-state index in [9.17, 15) is 0 Å². The van der Waals surface area contributed by atoms with Crippen molar-refractivity contribution in [2.75, 3.05) is 5.43 Å². The number of para-hydroxylation sites is 1. The van der Waals surface area contributed by atoms with Crippen molar-refractivity contribution in [1.29, 1.82) is 0 Å². The van der Waals surface area contributed by atoms with Crippen molar-refractivity contribution in [2.24, 2.45) is 0 Å². The van der Waals surface area contributed by atoms with Crippen molar-refractivity contribution in [3.05, 3.63) is 24.3 Å². The molecule has 2 aromatic rings. The molecule has 0 saturated heterocycles. The number of aliphatic hydroxyl groups is 1. The van der Waals surface area contributed by atoms with E-state index in [2.05, 4.69) is 15.7 Å². The van der Waals surface area contributed by atoms with Crippen LogP contribution in [-0.2, 0) is 0 Å². The molecule has 5 nitrogen and oxygen atoms in total. The van der Waals surface area contributed by atoms with Gasteiger partial charge in [-0.25, -0.2) is 0 Å². The predicted octanol–water partition coefficient (Wildman–Crippen LogP) is 0.313. The van der Waals surface area contributed by atoms with E-state index in [1.54, 1.807) is 6.92 Å². The summed E-state index contributed by atoms with van der Waals surface area (Å²) in [5.74, 6) is 0. The first-order valence-corrected chi connectivity index (χ1v) is 4.02. The largest absolute Gasteiger partial charge is 0.373 e. The molecule has 0 aliphatic carbocycles. The maximum atomic E-state index is 9.08. The zero-order valence-corrected chi connectivity index (χ0v) is 7.18. The van der Waals surface area contributed by atoms with Gasteiger partial charge in [-0.2, -0.15) is 4.79 Å². The lowest BCUT2D eigenvalue weighted by atomic mass is 10.3. The van der Waals surface area contributed by atoms with Gasteiger partial charge in [-0.3, -0.25) is 5.43 Å². The molecule has 0 spiro atoms. The molecule has 5 heteroatoms. The third-order valence-corrected chi connectivity index (χ3v) is 1.66. The Morgan fingerprint density at radius 2 is 2.23 bits per heavy atom. The average molecular weight is 178 g/mol. The summed E-state index contributed by atoms with van der Waals surface area (Å²) in [7, 11) is 0. The van der Waals surface area contributed by atoms with Gasteiger partial charge in [0.15, 0.2) is 0 Å². The minimum atomic E-state index is -0.648. The minimum absolute atomic E-state index is 0.648. The van der Waals surface area contributed by atoms with Gasteiger partial charge < -0.3 is 5.11 Å². The Balaban J connectivity index is 2.46. The van der Waals surface area contributed by atoms with Crippen LogP contribution in [0.4, 0.5) is 0 Å². The van der Waals surface area contributed by atoms with Gasteiger partial charge >= 0.3 is 0 Å². The van der Waals surface area contributed by atoms with E-state index in [-0.39, 0.29) is 0 Å². The summed E-state index contributed by atoms with van der Waals surface area (Å²) < 4.78 is 0. The van der Waals surface area contributed by atoms with E-state index in [0.717, 1.165) is 11.0 Å². The number of aromatic nitrogens is 3. The second-order valence-corrected chi connectivity index (χ2v) is 2.80. The fourth-order valence-corrected chi connectivity index (χ4v) is 1.14. The highest BCUT2D eigenvalue weighted by Crippen LogP contribution is 2.07. The zero-order chi connectivity index (χ0) is 9.26. The molecular formula is C8H10N4O.